The van der Waals surface area contributed by atoms with Crippen LogP contribution in [0.15, 0.2) is 12.1 Å². The van der Waals surface area contributed by atoms with Crippen LogP contribution in [0.1, 0.15) is 22.4 Å². The Kier molecular flexibility index (Phi) is 3.79. The molecule has 5 nitrogen and oxygen atoms in total. The molecule has 0 radical (unpaired) electrons. The van der Waals surface area contributed by atoms with Crippen molar-refractivity contribution in [1.29, 1.82) is 0 Å². The second kappa shape index (κ2) is 5.36. The molecule has 0 aliphatic heterocycles. The van der Waals surface area contributed by atoms with Gasteiger partial charge in [0.05, 0.1) is 13.5 Å². The van der Waals surface area contributed by atoms with Crippen molar-refractivity contribution in [2.75, 3.05) is 7.11 Å². The van der Waals surface area contributed by atoms with E-state index in [1.54, 1.807) is 7.11 Å². The van der Waals surface area contributed by atoms with Crippen molar-refractivity contribution < 1.29 is 14.6 Å². The molecule has 0 unspecified atom stereocenters. The molecule has 0 saturated heterocycles. The van der Waals surface area contributed by atoms with Crippen LogP contribution in [0.3, 0.4) is 0 Å². The minimum Gasteiger partial charge on any atom is -0.496 e. The Morgan fingerprint density at radius 1 is 1.35 bits per heavy atom. The number of benzene rings is 1. The summed E-state index contributed by atoms with van der Waals surface area (Å²) in [7, 11) is 1.61. The highest BCUT2D eigenvalue weighted by molar-refractivity contribution is 5.79. The first kappa shape index (κ1) is 14.1. The SMILES string of the molecule is COc1cc(C)cc(C)c1-c1n[nH]c(C)c1CC(=O)O. The third-order valence-corrected chi connectivity index (χ3v) is 3.30. The van der Waals surface area contributed by atoms with Crippen molar-refractivity contribution in [2.45, 2.75) is 27.2 Å². The second-order valence-corrected chi connectivity index (χ2v) is 4.91. The molecule has 0 atom stereocenters. The monoisotopic (exact) mass is 274 g/mol. The van der Waals surface area contributed by atoms with Gasteiger partial charge in [-0.15, -0.1) is 0 Å². The number of hydrogen-bond acceptors (Lipinski definition) is 3. The van der Waals surface area contributed by atoms with Crippen LogP contribution in [0.4, 0.5) is 0 Å². The van der Waals surface area contributed by atoms with E-state index in [1.165, 1.54) is 0 Å². The summed E-state index contributed by atoms with van der Waals surface area (Å²) in [4.78, 5) is 11.0. The number of aromatic amines is 1. The van der Waals surface area contributed by atoms with Gasteiger partial charge in [-0.2, -0.15) is 5.10 Å². The molecule has 0 spiro atoms. The Hall–Kier alpha value is -2.30. The molecular weight excluding hydrogens is 256 g/mol. The summed E-state index contributed by atoms with van der Waals surface area (Å²) in [5, 5.41) is 16.2. The molecule has 0 aliphatic carbocycles. The van der Waals surface area contributed by atoms with Gasteiger partial charge in [-0.3, -0.25) is 9.89 Å². The van der Waals surface area contributed by atoms with E-state index >= 15 is 0 Å². The Morgan fingerprint density at radius 2 is 2.05 bits per heavy atom. The highest BCUT2D eigenvalue weighted by Gasteiger charge is 2.20. The summed E-state index contributed by atoms with van der Waals surface area (Å²) < 4.78 is 5.43. The highest BCUT2D eigenvalue weighted by atomic mass is 16.5. The molecule has 2 N–H and O–H groups in total. The van der Waals surface area contributed by atoms with Crippen LogP contribution in [-0.2, 0) is 11.2 Å². The van der Waals surface area contributed by atoms with Gasteiger partial charge in [0.15, 0.2) is 0 Å². The molecule has 0 fully saturated rings. The van der Waals surface area contributed by atoms with Crippen molar-refractivity contribution in [1.82, 2.24) is 10.2 Å². The Balaban J connectivity index is 2.66. The van der Waals surface area contributed by atoms with E-state index in [0.29, 0.717) is 17.0 Å². The van der Waals surface area contributed by atoms with E-state index in [0.717, 1.165) is 22.4 Å². The fourth-order valence-corrected chi connectivity index (χ4v) is 2.42. The molecule has 5 heteroatoms. The zero-order chi connectivity index (χ0) is 14.9. The minimum absolute atomic E-state index is 0.0614. The van der Waals surface area contributed by atoms with Gasteiger partial charge in [-0.25, -0.2) is 0 Å². The summed E-state index contributed by atoms with van der Waals surface area (Å²) in [6, 6.07) is 3.96. The summed E-state index contributed by atoms with van der Waals surface area (Å²) in [6.45, 7) is 5.79. The first-order valence-electron chi connectivity index (χ1n) is 6.35. The predicted molar refractivity (Wildman–Crippen MR) is 76.1 cm³/mol. The fourth-order valence-electron chi connectivity index (χ4n) is 2.42. The molecule has 1 heterocycles. The number of nitrogens with zero attached hydrogens (tertiary/aromatic N) is 1. The molecule has 2 rings (SSSR count). The maximum absolute atomic E-state index is 11.0. The minimum atomic E-state index is -0.875. The van der Waals surface area contributed by atoms with Gasteiger partial charge in [0.2, 0.25) is 0 Å². The lowest BCUT2D eigenvalue weighted by molar-refractivity contribution is -0.136. The van der Waals surface area contributed by atoms with E-state index < -0.39 is 5.97 Å². The van der Waals surface area contributed by atoms with Gasteiger partial charge < -0.3 is 9.84 Å². The van der Waals surface area contributed by atoms with E-state index in [4.69, 9.17) is 9.84 Å². The number of carbonyl (C=O) groups is 1. The Morgan fingerprint density at radius 3 is 2.65 bits per heavy atom. The molecule has 0 saturated carbocycles. The molecule has 1 aromatic carbocycles. The lowest BCUT2D eigenvalue weighted by Gasteiger charge is -2.12. The molecule has 20 heavy (non-hydrogen) atoms. The zero-order valence-electron chi connectivity index (χ0n) is 12.1. The average molecular weight is 274 g/mol. The number of ether oxygens (including phenoxy) is 1. The van der Waals surface area contributed by atoms with E-state index in [9.17, 15) is 4.79 Å². The van der Waals surface area contributed by atoms with Crippen molar-refractivity contribution >= 4 is 5.97 Å². The third-order valence-electron chi connectivity index (χ3n) is 3.30. The number of aliphatic carboxylic acids is 1. The van der Waals surface area contributed by atoms with Crippen LogP contribution in [0.25, 0.3) is 11.3 Å². The Bertz CT molecular complexity index is 659. The topological polar surface area (TPSA) is 75.2 Å². The van der Waals surface area contributed by atoms with E-state index in [-0.39, 0.29) is 6.42 Å². The first-order chi connectivity index (χ1) is 9.43. The normalized spacial score (nSPS) is 10.6. The van der Waals surface area contributed by atoms with Gasteiger partial charge in [-0.1, -0.05) is 6.07 Å². The number of nitrogens with one attached hydrogen (secondary N) is 1. The lowest BCUT2D eigenvalue weighted by atomic mass is 9.97. The van der Waals surface area contributed by atoms with Crippen molar-refractivity contribution in [2.24, 2.45) is 0 Å². The largest absolute Gasteiger partial charge is 0.496 e. The van der Waals surface area contributed by atoms with Crippen LogP contribution >= 0.6 is 0 Å². The van der Waals surface area contributed by atoms with Crippen LogP contribution in [0, 0.1) is 20.8 Å². The summed E-state index contributed by atoms with van der Waals surface area (Å²) in [5.74, 6) is -0.167. The number of hydrogen-bond donors (Lipinski definition) is 2. The smallest absolute Gasteiger partial charge is 0.307 e. The number of rotatable bonds is 4. The number of carboxylic acid groups (broad SMARTS) is 1. The van der Waals surface area contributed by atoms with Crippen molar-refractivity contribution in [3.8, 4) is 17.0 Å². The second-order valence-electron chi connectivity index (χ2n) is 4.91. The number of carboxylic acids is 1. The van der Waals surface area contributed by atoms with Gasteiger partial charge in [0, 0.05) is 16.8 Å². The number of aryl methyl sites for hydroxylation is 3. The van der Waals surface area contributed by atoms with Gasteiger partial charge in [0.25, 0.3) is 0 Å². The molecule has 0 amide bonds. The zero-order valence-corrected chi connectivity index (χ0v) is 12.1. The van der Waals surface area contributed by atoms with Crippen LogP contribution in [0.2, 0.25) is 0 Å². The van der Waals surface area contributed by atoms with Gasteiger partial charge >= 0.3 is 5.97 Å². The van der Waals surface area contributed by atoms with Crippen LogP contribution in [-0.4, -0.2) is 28.4 Å². The third kappa shape index (κ3) is 2.52. The lowest BCUT2D eigenvalue weighted by Crippen LogP contribution is -2.03. The summed E-state index contributed by atoms with van der Waals surface area (Å²) >= 11 is 0. The number of aromatic nitrogens is 2. The predicted octanol–water partition coefficient (Wildman–Crippen LogP) is 2.64. The summed E-state index contributed by atoms with van der Waals surface area (Å²) in [6.07, 6.45) is -0.0614. The number of methoxy groups -OCH3 is 1. The van der Waals surface area contributed by atoms with Crippen LogP contribution < -0.4 is 4.74 Å². The van der Waals surface area contributed by atoms with Gasteiger partial charge in [-0.05, 0) is 38.0 Å². The molecule has 0 aliphatic rings. The quantitative estimate of drug-likeness (QED) is 0.898. The van der Waals surface area contributed by atoms with E-state index in [1.807, 2.05) is 32.9 Å². The molecule has 0 bridgehead atoms. The maximum atomic E-state index is 11.0. The average Bonchev–Trinajstić information content (AvgIpc) is 2.70. The molecule has 1 aromatic heterocycles. The van der Waals surface area contributed by atoms with Gasteiger partial charge in [0.1, 0.15) is 11.4 Å². The molecule has 2 aromatic rings. The fraction of sp³-hybridized carbons (Fsp3) is 0.333. The standard InChI is InChI=1S/C15H18N2O3/c1-8-5-9(2)14(12(6-8)20-4)15-11(7-13(18)19)10(3)16-17-15/h5-6H,7H2,1-4H3,(H,16,17)(H,18,19). The summed E-state index contributed by atoms with van der Waals surface area (Å²) in [5.41, 5.74) is 5.07. The van der Waals surface area contributed by atoms with Crippen molar-refractivity contribution in [3.63, 3.8) is 0 Å². The van der Waals surface area contributed by atoms with E-state index in [2.05, 4.69) is 10.2 Å². The molecule has 106 valence electrons. The molecular formula is C15H18N2O3. The number of H-pyrrole nitrogens is 1. The first-order valence-corrected chi connectivity index (χ1v) is 6.35. The van der Waals surface area contributed by atoms with Crippen LogP contribution in [0.5, 0.6) is 5.75 Å². The highest BCUT2D eigenvalue weighted by Crippen LogP contribution is 2.36. The maximum Gasteiger partial charge on any atom is 0.307 e. The Labute approximate surface area is 117 Å². The van der Waals surface area contributed by atoms with Crippen molar-refractivity contribution in [3.05, 3.63) is 34.5 Å².